The second kappa shape index (κ2) is 9.06. The van der Waals surface area contributed by atoms with E-state index in [-0.39, 0.29) is 59.1 Å². The van der Waals surface area contributed by atoms with Crippen molar-refractivity contribution < 1.29 is 97.5 Å². The molecule has 1 aromatic carbocycles. The third kappa shape index (κ3) is 5.34. The molecular formula is C11H12N2Na2O7P2. The first-order valence-corrected chi connectivity index (χ1v) is 9.07. The fourth-order valence-corrected chi connectivity index (χ4v) is 3.73. The van der Waals surface area contributed by atoms with Gasteiger partial charge in [0.15, 0.2) is 12.7 Å². The van der Waals surface area contributed by atoms with Gasteiger partial charge in [0.1, 0.15) is 24.6 Å². The Hall–Kier alpha value is 0.690. The number of aliphatic hydroxyl groups is 1. The minimum Gasteiger partial charge on any atom is -0.808 e. The van der Waals surface area contributed by atoms with Gasteiger partial charge < -0.3 is 33.8 Å². The molecule has 120 valence electrons. The van der Waals surface area contributed by atoms with Crippen molar-refractivity contribution >= 4 is 15.2 Å². The Morgan fingerprint density at radius 2 is 1.67 bits per heavy atom. The van der Waals surface area contributed by atoms with Gasteiger partial charge in [0.2, 0.25) is 6.33 Å². The van der Waals surface area contributed by atoms with Gasteiger partial charge in [-0.15, -0.1) is 0 Å². The normalized spacial score (nSPS) is 16.2. The maximum absolute atomic E-state index is 11.1. The van der Waals surface area contributed by atoms with Gasteiger partial charge >= 0.3 is 59.1 Å². The van der Waals surface area contributed by atoms with Crippen molar-refractivity contribution in [2.45, 2.75) is 11.6 Å². The summed E-state index contributed by atoms with van der Waals surface area (Å²) < 4.78 is 24.6. The summed E-state index contributed by atoms with van der Waals surface area (Å²) in [6.07, 6.45) is 3.98. The van der Waals surface area contributed by atoms with Crippen LogP contribution in [0.3, 0.4) is 0 Å². The van der Waals surface area contributed by atoms with E-state index in [1.807, 2.05) is 0 Å². The standard InChI is InChI=1S/C11H14N2O7P2.2Na/c14-11(21(15,16)17,22(18,19)20)8-12-6-7-13(9-12)10-4-2-1-3-5-10;;/h1-7,9,14H,8H2,(H3-,15,16,17,18,19,20);;/q;2*+1/p-2. The van der Waals surface area contributed by atoms with Gasteiger partial charge in [-0.25, -0.2) is 9.13 Å². The maximum Gasteiger partial charge on any atom is 1.00 e. The number of rotatable bonds is 5. The Kier molecular flexibility index (Phi) is 9.32. The number of hydrogen-bond donors (Lipinski definition) is 2. The van der Waals surface area contributed by atoms with Crippen molar-refractivity contribution in [1.82, 2.24) is 4.57 Å². The van der Waals surface area contributed by atoms with Crippen LogP contribution < -0.4 is 78.4 Å². The molecule has 0 radical (unpaired) electrons. The van der Waals surface area contributed by atoms with Gasteiger partial charge in [-0.05, 0) is 19.7 Å². The molecule has 13 heteroatoms. The zero-order chi connectivity index (χ0) is 16.6. The summed E-state index contributed by atoms with van der Waals surface area (Å²) in [5, 5.41) is 5.86. The Bertz CT molecular complexity index is 737. The van der Waals surface area contributed by atoms with Crippen LogP contribution in [0.2, 0.25) is 0 Å². The Morgan fingerprint density at radius 1 is 1.12 bits per heavy atom. The van der Waals surface area contributed by atoms with Crippen LogP contribution in [0, 0.1) is 0 Å². The first-order valence-electron chi connectivity index (χ1n) is 5.95. The van der Waals surface area contributed by atoms with E-state index in [0.29, 0.717) is 5.69 Å². The van der Waals surface area contributed by atoms with Crippen LogP contribution >= 0.6 is 15.2 Å². The van der Waals surface area contributed by atoms with Crippen molar-refractivity contribution in [2.24, 2.45) is 0 Å². The molecule has 2 rings (SSSR count). The molecule has 0 fully saturated rings. The Balaban J connectivity index is 0.00000264. The monoisotopic (exact) mass is 392 g/mol. The van der Waals surface area contributed by atoms with E-state index in [2.05, 4.69) is 0 Å². The zero-order valence-electron chi connectivity index (χ0n) is 13.1. The molecule has 24 heavy (non-hydrogen) atoms. The quantitative estimate of drug-likeness (QED) is 0.291. The van der Waals surface area contributed by atoms with E-state index >= 15 is 0 Å². The van der Waals surface area contributed by atoms with Crippen molar-refractivity contribution in [3.8, 4) is 5.69 Å². The van der Waals surface area contributed by atoms with Crippen LogP contribution in [0.25, 0.3) is 5.69 Å². The molecule has 0 bridgehead atoms. The second-order valence-electron chi connectivity index (χ2n) is 4.62. The third-order valence-corrected chi connectivity index (χ3v) is 6.59. The van der Waals surface area contributed by atoms with E-state index in [1.54, 1.807) is 30.3 Å². The minimum atomic E-state index is -6.04. The van der Waals surface area contributed by atoms with Crippen molar-refractivity contribution in [2.75, 3.05) is 0 Å². The van der Waals surface area contributed by atoms with Gasteiger partial charge in [-0.2, -0.15) is 0 Å². The molecule has 0 saturated carbocycles. The van der Waals surface area contributed by atoms with Gasteiger partial charge in [-0.1, -0.05) is 18.2 Å². The summed E-state index contributed by atoms with van der Waals surface area (Å²) in [5.41, 5.74) is 0.687. The maximum atomic E-state index is 11.1. The van der Waals surface area contributed by atoms with Crippen molar-refractivity contribution in [3.63, 3.8) is 0 Å². The summed E-state index contributed by atoms with van der Waals surface area (Å²) in [7, 11) is -11.9. The summed E-state index contributed by atoms with van der Waals surface area (Å²) >= 11 is 0. The van der Waals surface area contributed by atoms with Crippen LogP contribution in [-0.2, 0) is 15.7 Å². The molecule has 2 atom stereocenters. The zero-order valence-corrected chi connectivity index (χ0v) is 18.8. The topological polar surface area (TPSA) is 153 Å². The molecule has 0 aliphatic heterocycles. The average molecular weight is 392 g/mol. The van der Waals surface area contributed by atoms with Crippen molar-refractivity contribution in [3.05, 3.63) is 49.1 Å². The summed E-state index contributed by atoms with van der Waals surface area (Å²) in [6, 6.07) is 8.74. The molecule has 0 aliphatic carbocycles. The molecule has 9 nitrogen and oxygen atoms in total. The number of hydrogen-bond acceptors (Lipinski definition) is 6. The molecule has 1 aromatic heterocycles. The van der Waals surface area contributed by atoms with E-state index < -0.39 is 26.8 Å². The Labute approximate surface area is 182 Å². The number of benzene rings is 1. The molecule has 0 aliphatic rings. The van der Waals surface area contributed by atoms with Crippen LogP contribution in [0.1, 0.15) is 0 Å². The van der Waals surface area contributed by atoms with Crippen LogP contribution in [-0.4, -0.2) is 19.7 Å². The van der Waals surface area contributed by atoms with Gasteiger partial charge in [0.25, 0.3) is 0 Å². The second-order valence-corrected chi connectivity index (χ2v) is 8.49. The molecule has 0 spiro atoms. The summed E-state index contributed by atoms with van der Waals surface area (Å²) in [5.74, 6) is 0. The molecule has 2 N–H and O–H groups in total. The largest absolute Gasteiger partial charge is 1.00 e. The van der Waals surface area contributed by atoms with Gasteiger partial charge in [-0.3, -0.25) is 0 Å². The number of imidazole rings is 1. The molecule has 0 amide bonds. The van der Waals surface area contributed by atoms with Crippen LogP contribution in [0.15, 0.2) is 49.1 Å². The summed E-state index contributed by atoms with van der Waals surface area (Å²) in [6.45, 7) is -1.14. The SMILES string of the molecule is O=P([O-])([O-])C(O)(C[n+]1ccn(-c2ccccc2)c1)P(=O)([O-])O.[Na+].[Na+]. The molecule has 0 saturated heterocycles. The smallest absolute Gasteiger partial charge is 0.808 e. The van der Waals surface area contributed by atoms with E-state index in [4.69, 9.17) is 4.89 Å². The number of para-hydroxylation sites is 1. The first-order chi connectivity index (χ1) is 10.0. The molecule has 2 unspecified atom stereocenters. The molecule has 2 aromatic rings. The summed E-state index contributed by atoms with van der Waals surface area (Å²) in [4.78, 5) is 42.1. The molecular weight excluding hydrogens is 380 g/mol. The van der Waals surface area contributed by atoms with Gasteiger partial charge in [0.05, 0.1) is 0 Å². The predicted octanol–water partition coefficient (Wildman–Crippen LogP) is -8.12. The van der Waals surface area contributed by atoms with Gasteiger partial charge in [0, 0.05) is 0 Å². The fourth-order valence-electron chi connectivity index (χ4n) is 1.82. The average Bonchev–Trinajstić information content (AvgIpc) is 2.85. The van der Waals surface area contributed by atoms with E-state index in [9.17, 15) is 28.9 Å². The Morgan fingerprint density at radius 3 is 2.12 bits per heavy atom. The first kappa shape index (κ1) is 24.7. The molecule has 1 heterocycles. The predicted molar refractivity (Wildman–Crippen MR) is 68.3 cm³/mol. The van der Waals surface area contributed by atoms with Crippen molar-refractivity contribution in [1.29, 1.82) is 0 Å². The fraction of sp³-hybridized carbons (Fsp3) is 0.182. The number of nitrogens with zero attached hydrogens (tertiary/aromatic N) is 2. The van der Waals surface area contributed by atoms with E-state index in [0.717, 1.165) is 4.57 Å². The third-order valence-electron chi connectivity index (χ3n) is 3.03. The minimum absolute atomic E-state index is 0. The number of aromatic nitrogens is 2. The van der Waals surface area contributed by atoms with E-state index in [1.165, 1.54) is 23.3 Å². The van der Waals surface area contributed by atoms with Crippen LogP contribution in [0.5, 0.6) is 0 Å². The van der Waals surface area contributed by atoms with Crippen LogP contribution in [0.4, 0.5) is 0 Å².